The number of benzene rings is 2. The number of nitrogens with one attached hydrogen (secondary N) is 1. The van der Waals surface area contributed by atoms with Crippen LogP contribution in [0.15, 0.2) is 42.5 Å². The molecule has 34 heavy (non-hydrogen) atoms. The van der Waals surface area contributed by atoms with Crippen LogP contribution < -0.4 is 9.62 Å². The Hall–Kier alpha value is -2.29. The lowest BCUT2D eigenvalue weighted by Gasteiger charge is -2.33. The number of aryl methyl sites for hydroxylation is 1. The summed E-state index contributed by atoms with van der Waals surface area (Å²) in [5, 5.41) is 3.04. The van der Waals surface area contributed by atoms with Gasteiger partial charge in [0.25, 0.3) is 0 Å². The van der Waals surface area contributed by atoms with Gasteiger partial charge in [-0.25, -0.2) is 8.42 Å². The highest BCUT2D eigenvalue weighted by atomic mass is 35.5. The molecule has 0 aliphatic rings. The normalized spacial score (nSPS) is 12.2. The molecule has 186 valence electrons. The molecule has 2 rings (SSSR count). The van der Waals surface area contributed by atoms with E-state index in [-0.39, 0.29) is 28.2 Å². The van der Waals surface area contributed by atoms with Gasteiger partial charge in [-0.2, -0.15) is 0 Å². The van der Waals surface area contributed by atoms with Crippen LogP contribution in [-0.2, 0) is 26.2 Å². The minimum atomic E-state index is -3.89. The molecule has 2 aromatic carbocycles. The molecule has 0 fully saturated rings. The van der Waals surface area contributed by atoms with Gasteiger partial charge in [-0.15, -0.1) is 0 Å². The number of anilines is 1. The average molecular weight is 529 g/mol. The Morgan fingerprint density at radius 1 is 1.06 bits per heavy atom. The molecular formula is C24H31Cl2N3O4S. The van der Waals surface area contributed by atoms with Gasteiger partial charge < -0.3 is 10.2 Å². The lowest BCUT2D eigenvalue weighted by molar-refractivity contribution is -0.140. The third kappa shape index (κ3) is 7.10. The average Bonchev–Trinajstić information content (AvgIpc) is 2.78. The molecule has 0 bridgehead atoms. The van der Waals surface area contributed by atoms with E-state index in [1.165, 1.54) is 17.0 Å². The van der Waals surface area contributed by atoms with Crippen molar-refractivity contribution < 1.29 is 18.0 Å². The highest BCUT2D eigenvalue weighted by molar-refractivity contribution is 7.92. The summed E-state index contributed by atoms with van der Waals surface area (Å²) < 4.78 is 26.2. The maximum Gasteiger partial charge on any atom is 0.244 e. The summed E-state index contributed by atoms with van der Waals surface area (Å²) in [7, 11) is -3.89. The van der Waals surface area contributed by atoms with Crippen LogP contribution in [0, 0.1) is 6.92 Å². The van der Waals surface area contributed by atoms with Gasteiger partial charge in [-0.3, -0.25) is 13.9 Å². The Morgan fingerprint density at radius 2 is 1.74 bits per heavy atom. The molecule has 0 spiro atoms. The van der Waals surface area contributed by atoms with Crippen molar-refractivity contribution in [3.05, 3.63) is 63.6 Å². The molecule has 0 saturated carbocycles. The van der Waals surface area contributed by atoms with E-state index in [4.69, 9.17) is 23.2 Å². The summed E-state index contributed by atoms with van der Waals surface area (Å²) in [4.78, 5) is 28.0. The molecule has 1 N–H and O–H groups in total. The molecule has 0 saturated heterocycles. The standard InChI is InChI=1S/C24H31Cl2N3O4S/c1-5-14-27-24(31)20(6-2)28(15-18-11-8-7-10-17(18)3)22(30)16-29(34(4,32)33)21-13-9-12-19(25)23(21)26/h7-13,20H,5-6,14-16H2,1-4H3,(H,27,31)/t20-/m0/s1. The second kappa shape index (κ2) is 12.4. The summed E-state index contributed by atoms with van der Waals surface area (Å²) in [6, 6.07) is 11.4. The van der Waals surface area contributed by atoms with E-state index in [0.717, 1.165) is 28.1 Å². The fourth-order valence-corrected chi connectivity index (χ4v) is 4.84. The van der Waals surface area contributed by atoms with Gasteiger partial charge in [0.15, 0.2) is 0 Å². The second-order valence-corrected chi connectivity index (χ2v) is 10.7. The topological polar surface area (TPSA) is 86.8 Å². The van der Waals surface area contributed by atoms with E-state index in [2.05, 4.69) is 5.32 Å². The van der Waals surface area contributed by atoms with Crippen molar-refractivity contribution in [1.82, 2.24) is 10.2 Å². The zero-order chi connectivity index (χ0) is 25.5. The maximum absolute atomic E-state index is 13.6. The number of rotatable bonds is 11. The van der Waals surface area contributed by atoms with Gasteiger partial charge in [0.05, 0.1) is 22.0 Å². The molecule has 0 aliphatic carbocycles. The lowest BCUT2D eigenvalue weighted by Crippen LogP contribution is -2.52. The molecule has 0 aliphatic heterocycles. The number of carbonyl (C=O) groups is 2. The van der Waals surface area contributed by atoms with Crippen molar-refractivity contribution in [2.75, 3.05) is 23.7 Å². The molecule has 10 heteroatoms. The van der Waals surface area contributed by atoms with Crippen LogP contribution in [0.4, 0.5) is 5.69 Å². The maximum atomic E-state index is 13.6. The van der Waals surface area contributed by atoms with Crippen LogP contribution in [-0.4, -0.2) is 50.5 Å². The van der Waals surface area contributed by atoms with Gasteiger partial charge in [0, 0.05) is 13.1 Å². The third-order valence-electron chi connectivity index (χ3n) is 5.42. The number of hydrogen-bond acceptors (Lipinski definition) is 4. The SMILES string of the molecule is CCCNC(=O)[C@H](CC)N(Cc1ccccc1C)C(=O)CN(c1cccc(Cl)c1Cl)S(C)(=O)=O. The number of sulfonamides is 1. The minimum Gasteiger partial charge on any atom is -0.354 e. The number of carbonyl (C=O) groups excluding carboxylic acids is 2. The number of halogens is 2. The van der Waals surface area contributed by atoms with E-state index >= 15 is 0 Å². The number of hydrogen-bond donors (Lipinski definition) is 1. The monoisotopic (exact) mass is 527 g/mol. The molecular weight excluding hydrogens is 497 g/mol. The van der Waals surface area contributed by atoms with Crippen molar-refractivity contribution in [2.24, 2.45) is 0 Å². The van der Waals surface area contributed by atoms with Crippen molar-refractivity contribution in [2.45, 2.75) is 46.2 Å². The zero-order valence-electron chi connectivity index (χ0n) is 19.8. The summed E-state index contributed by atoms with van der Waals surface area (Å²) in [5.41, 5.74) is 1.93. The van der Waals surface area contributed by atoms with Crippen LogP contribution in [0.1, 0.15) is 37.8 Å². The molecule has 0 radical (unpaired) electrons. The fourth-order valence-electron chi connectivity index (χ4n) is 3.54. The quantitative estimate of drug-likeness (QED) is 0.469. The summed E-state index contributed by atoms with van der Waals surface area (Å²) in [6.07, 6.45) is 2.11. The second-order valence-electron chi connectivity index (χ2n) is 8.01. The van der Waals surface area contributed by atoms with E-state index in [9.17, 15) is 18.0 Å². The Bertz CT molecular complexity index is 1120. The van der Waals surface area contributed by atoms with Crippen LogP contribution >= 0.6 is 23.2 Å². The predicted molar refractivity (Wildman–Crippen MR) is 138 cm³/mol. The molecule has 2 aromatic rings. The Balaban J connectivity index is 2.48. The van der Waals surface area contributed by atoms with E-state index in [0.29, 0.717) is 13.0 Å². The summed E-state index contributed by atoms with van der Waals surface area (Å²) >= 11 is 12.4. The highest BCUT2D eigenvalue weighted by Gasteiger charge is 2.32. The van der Waals surface area contributed by atoms with Crippen LogP contribution in [0.3, 0.4) is 0 Å². The zero-order valence-corrected chi connectivity index (χ0v) is 22.2. The van der Waals surface area contributed by atoms with Gasteiger partial charge in [-0.1, -0.05) is 67.4 Å². The lowest BCUT2D eigenvalue weighted by atomic mass is 10.1. The first-order chi connectivity index (χ1) is 16.0. The van der Waals surface area contributed by atoms with Crippen molar-refractivity contribution >= 4 is 50.7 Å². The van der Waals surface area contributed by atoms with Crippen LogP contribution in [0.5, 0.6) is 0 Å². The van der Waals surface area contributed by atoms with Gasteiger partial charge in [-0.05, 0) is 43.0 Å². The van der Waals surface area contributed by atoms with Crippen LogP contribution in [0.25, 0.3) is 0 Å². The Labute approximate surface area is 212 Å². The Kier molecular flexibility index (Phi) is 10.2. The Morgan fingerprint density at radius 3 is 2.32 bits per heavy atom. The smallest absolute Gasteiger partial charge is 0.244 e. The molecule has 0 unspecified atom stereocenters. The van der Waals surface area contributed by atoms with Crippen molar-refractivity contribution in [1.29, 1.82) is 0 Å². The van der Waals surface area contributed by atoms with E-state index in [1.807, 2.05) is 45.0 Å². The van der Waals surface area contributed by atoms with Crippen molar-refractivity contribution in [3.63, 3.8) is 0 Å². The largest absolute Gasteiger partial charge is 0.354 e. The molecule has 0 aromatic heterocycles. The van der Waals surface area contributed by atoms with E-state index in [1.54, 1.807) is 6.07 Å². The fraction of sp³-hybridized carbons (Fsp3) is 0.417. The number of amides is 2. The third-order valence-corrected chi connectivity index (χ3v) is 7.35. The van der Waals surface area contributed by atoms with Gasteiger partial charge in [0.1, 0.15) is 12.6 Å². The summed E-state index contributed by atoms with van der Waals surface area (Å²) in [6.45, 7) is 5.79. The van der Waals surface area contributed by atoms with Gasteiger partial charge in [0.2, 0.25) is 21.8 Å². The molecule has 2 amide bonds. The van der Waals surface area contributed by atoms with E-state index < -0.39 is 28.5 Å². The van der Waals surface area contributed by atoms with Crippen LogP contribution in [0.2, 0.25) is 10.0 Å². The molecule has 7 nitrogen and oxygen atoms in total. The number of nitrogens with zero attached hydrogens (tertiary/aromatic N) is 2. The van der Waals surface area contributed by atoms with Gasteiger partial charge >= 0.3 is 0 Å². The highest BCUT2D eigenvalue weighted by Crippen LogP contribution is 2.33. The van der Waals surface area contributed by atoms with Crippen molar-refractivity contribution in [3.8, 4) is 0 Å². The first-order valence-electron chi connectivity index (χ1n) is 11.0. The minimum absolute atomic E-state index is 0.0283. The molecule has 0 heterocycles. The first-order valence-corrected chi connectivity index (χ1v) is 13.6. The summed E-state index contributed by atoms with van der Waals surface area (Å²) in [5.74, 6) is -0.804. The molecule has 1 atom stereocenters. The first kappa shape index (κ1) is 28.0. The predicted octanol–water partition coefficient (Wildman–Crippen LogP) is 4.40.